The largest absolute Gasteiger partial charge is 0.455 e. The van der Waals surface area contributed by atoms with E-state index < -0.39 is 11.9 Å². The number of halogens is 4. The van der Waals surface area contributed by atoms with Gasteiger partial charge in [-0.05, 0) is 53.1 Å². The molecule has 3 aromatic carbocycles. The molecule has 4 nitrogen and oxygen atoms in total. The number of benzene rings is 3. The molecule has 0 bridgehead atoms. The predicted octanol–water partition coefficient (Wildman–Crippen LogP) is 7.24. The van der Waals surface area contributed by atoms with Crippen molar-refractivity contribution in [1.82, 2.24) is 4.90 Å². The maximum absolute atomic E-state index is 13.8. The van der Waals surface area contributed by atoms with Crippen molar-refractivity contribution in [2.24, 2.45) is 0 Å². The van der Waals surface area contributed by atoms with Crippen LogP contribution >= 0.6 is 15.9 Å². The summed E-state index contributed by atoms with van der Waals surface area (Å²) >= 11 is 3.33. The lowest BCUT2D eigenvalue weighted by Gasteiger charge is -2.24. The third kappa shape index (κ3) is 4.85. The Morgan fingerprint density at radius 1 is 1.06 bits per heavy atom. The second kappa shape index (κ2) is 9.35. The number of carbonyl (C=O) groups excluding carboxylic acids is 1. The first-order valence-electron chi connectivity index (χ1n) is 10.3. The zero-order chi connectivity index (χ0) is 24.5. The number of nitriles is 1. The minimum atomic E-state index is -4.63. The summed E-state index contributed by atoms with van der Waals surface area (Å²) in [5, 5.41) is 11.2. The highest BCUT2D eigenvalue weighted by atomic mass is 79.9. The SMILES string of the molecule is Cc1ccc2ccccc2c1C(=O)N(Cc1ccc(C(F)(F)F)o1)Cc1ccc(Br)cc1C#N. The maximum atomic E-state index is 13.8. The number of hydrogen-bond acceptors (Lipinski definition) is 3. The quantitative estimate of drug-likeness (QED) is 0.275. The van der Waals surface area contributed by atoms with Gasteiger partial charge in [0.25, 0.3) is 5.91 Å². The van der Waals surface area contributed by atoms with Gasteiger partial charge in [0, 0.05) is 11.0 Å². The number of rotatable bonds is 5. The summed E-state index contributed by atoms with van der Waals surface area (Å²) in [7, 11) is 0. The first-order valence-corrected chi connectivity index (χ1v) is 11.1. The van der Waals surface area contributed by atoms with Crippen molar-refractivity contribution in [2.45, 2.75) is 26.2 Å². The fraction of sp³-hybridized carbons (Fsp3) is 0.154. The van der Waals surface area contributed by atoms with Crippen LogP contribution < -0.4 is 0 Å². The maximum Gasteiger partial charge on any atom is 0.449 e. The molecule has 172 valence electrons. The topological polar surface area (TPSA) is 57.2 Å². The van der Waals surface area contributed by atoms with E-state index in [0.717, 1.165) is 22.4 Å². The summed E-state index contributed by atoms with van der Waals surface area (Å²) in [6.45, 7) is 1.63. The molecule has 1 aromatic heterocycles. The molecule has 0 aliphatic heterocycles. The normalized spacial score (nSPS) is 11.4. The molecule has 0 spiro atoms. The summed E-state index contributed by atoms with van der Waals surface area (Å²) < 4.78 is 44.9. The Bertz CT molecular complexity index is 1420. The molecule has 0 atom stereocenters. The van der Waals surface area contributed by atoms with Crippen LogP contribution in [0.5, 0.6) is 0 Å². The van der Waals surface area contributed by atoms with E-state index in [1.807, 2.05) is 43.3 Å². The lowest BCUT2D eigenvalue weighted by Crippen LogP contribution is -2.31. The fourth-order valence-electron chi connectivity index (χ4n) is 3.82. The van der Waals surface area contributed by atoms with Crippen LogP contribution in [-0.2, 0) is 19.3 Å². The Hall–Kier alpha value is -3.57. The molecule has 34 heavy (non-hydrogen) atoms. The number of fused-ring (bicyclic) bond motifs is 1. The van der Waals surface area contributed by atoms with Gasteiger partial charge in [-0.15, -0.1) is 0 Å². The van der Waals surface area contributed by atoms with E-state index in [-0.39, 0.29) is 24.8 Å². The van der Waals surface area contributed by atoms with Crippen LogP contribution in [0.2, 0.25) is 0 Å². The number of amides is 1. The minimum absolute atomic E-state index is 0.00539. The van der Waals surface area contributed by atoms with Crippen LogP contribution in [0.1, 0.15) is 38.6 Å². The molecule has 0 aliphatic carbocycles. The molecule has 4 aromatic rings. The summed E-state index contributed by atoms with van der Waals surface area (Å²) in [6.07, 6.45) is -4.63. The van der Waals surface area contributed by atoms with Gasteiger partial charge in [-0.2, -0.15) is 18.4 Å². The highest BCUT2D eigenvalue weighted by Gasteiger charge is 2.35. The van der Waals surface area contributed by atoms with E-state index in [1.165, 1.54) is 11.0 Å². The Labute approximate surface area is 202 Å². The molecule has 8 heteroatoms. The number of alkyl halides is 3. The third-order valence-electron chi connectivity index (χ3n) is 5.48. The van der Waals surface area contributed by atoms with Crippen LogP contribution in [0.25, 0.3) is 10.8 Å². The molecule has 1 amide bonds. The summed E-state index contributed by atoms with van der Waals surface area (Å²) in [4.78, 5) is 15.2. The van der Waals surface area contributed by atoms with Crippen molar-refractivity contribution in [1.29, 1.82) is 5.26 Å². The first-order chi connectivity index (χ1) is 16.2. The van der Waals surface area contributed by atoms with E-state index in [0.29, 0.717) is 21.2 Å². The van der Waals surface area contributed by atoms with Crippen molar-refractivity contribution in [3.05, 3.63) is 105 Å². The van der Waals surface area contributed by atoms with Gasteiger partial charge in [-0.3, -0.25) is 4.79 Å². The Kier molecular flexibility index (Phi) is 6.49. The number of carbonyl (C=O) groups is 1. The van der Waals surface area contributed by atoms with Crippen molar-refractivity contribution < 1.29 is 22.4 Å². The van der Waals surface area contributed by atoms with Crippen LogP contribution in [-0.4, -0.2) is 10.8 Å². The Morgan fingerprint density at radius 2 is 1.82 bits per heavy atom. The van der Waals surface area contributed by atoms with E-state index in [9.17, 15) is 23.2 Å². The summed E-state index contributed by atoms with van der Waals surface area (Å²) in [5.74, 6) is -1.50. The monoisotopic (exact) mass is 526 g/mol. The molecule has 0 saturated carbocycles. The molecule has 0 saturated heterocycles. The number of aryl methyl sites for hydroxylation is 1. The van der Waals surface area contributed by atoms with Crippen molar-refractivity contribution in [2.75, 3.05) is 0 Å². The van der Waals surface area contributed by atoms with Gasteiger partial charge in [-0.1, -0.05) is 58.4 Å². The molecule has 4 rings (SSSR count). The minimum Gasteiger partial charge on any atom is -0.455 e. The smallest absolute Gasteiger partial charge is 0.449 e. The average Bonchev–Trinajstić information content (AvgIpc) is 3.28. The first kappa shape index (κ1) is 23.6. The van der Waals surface area contributed by atoms with Crippen molar-refractivity contribution in [3.8, 4) is 6.07 Å². The van der Waals surface area contributed by atoms with Gasteiger partial charge < -0.3 is 9.32 Å². The third-order valence-corrected chi connectivity index (χ3v) is 5.97. The number of furan rings is 1. The standard InChI is InChI=1S/C26H18BrF3N2O2/c1-16-6-7-17-4-2-3-5-22(17)24(16)25(33)32(14-18-8-9-20(27)12-19(18)13-31)15-21-10-11-23(34-21)26(28,29)30/h2-12H,14-15H2,1H3. The lowest BCUT2D eigenvalue weighted by atomic mass is 9.98. The van der Waals surface area contributed by atoms with Crippen LogP contribution in [0, 0.1) is 18.3 Å². The zero-order valence-corrected chi connectivity index (χ0v) is 19.6. The van der Waals surface area contributed by atoms with Gasteiger partial charge in [-0.25, -0.2) is 0 Å². The van der Waals surface area contributed by atoms with Crippen LogP contribution in [0.3, 0.4) is 0 Å². The highest BCUT2D eigenvalue weighted by molar-refractivity contribution is 9.10. The predicted molar refractivity (Wildman–Crippen MR) is 125 cm³/mol. The van der Waals surface area contributed by atoms with Gasteiger partial charge in [0.05, 0.1) is 23.7 Å². The van der Waals surface area contributed by atoms with Crippen molar-refractivity contribution >= 4 is 32.6 Å². The lowest BCUT2D eigenvalue weighted by molar-refractivity contribution is -0.153. The fourth-order valence-corrected chi connectivity index (χ4v) is 4.18. The van der Waals surface area contributed by atoms with E-state index >= 15 is 0 Å². The number of nitrogens with zero attached hydrogens (tertiary/aromatic N) is 2. The second-order valence-electron chi connectivity index (χ2n) is 7.82. The van der Waals surface area contributed by atoms with Crippen molar-refractivity contribution in [3.63, 3.8) is 0 Å². The summed E-state index contributed by atoms with van der Waals surface area (Å²) in [6, 6.07) is 20.4. The molecular formula is C26H18BrF3N2O2. The molecule has 1 heterocycles. The highest BCUT2D eigenvalue weighted by Crippen LogP contribution is 2.32. The van der Waals surface area contributed by atoms with E-state index in [2.05, 4.69) is 22.0 Å². The van der Waals surface area contributed by atoms with E-state index in [4.69, 9.17) is 4.42 Å². The summed E-state index contributed by atoms with van der Waals surface area (Å²) in [5.41, 5.74) is 2.12. The molecule has 0 radical (unpaired) electrons. The molecule has 0 fully saturated rings. The Morgan fingerprint density at radius 3 is 2.53 bits per heavy atom. The number of hydrogen-bond donors (Lipinski definition) is 0. The van der Waals surface area contributed by atoms with Gasteiger partial charge >= 0.3 is 6.18 Å². The molecule has 0 aliphatic rings. The van der Waals surface area contributed by atoms with Crippen LogP contribution in [0.4, 0.5) is 13.2 Å². The zero-order valence-electron chi connectivity index (χ0n) is 18.0. The van der Waals surface area contributed by atoms with Crippen LogP contribution in [0.15, 0.2) is 75.6 Å². The molecule has 0 N–H and O–H groups in total. The average molecular weight is 527 g/mol. The van der Waals surface area contributed by atoms with Gasteiger partial charge in [0.1, 0.15) is 5.76 Å². The molecular weight excluding hydrogens is 509 g/mol. The second-order valence-corrected chi connectivity index (χ2v) is 8.73. The molecule has 0 unspecified atom stereocenters. The van der Waals surface area contributed by atoms with Gasteiger partial charge in [0.15, 0.2) is 0 Å². The van der Waals surface area contributed by atoms with E-state index in [1.54, 1.807) is 18.2 Å². The van der Waals surface area contributed by atoms with Gasteiger partial charge in [0.2, 0.25) is 5.76 Å². The Balaban J connectivity index is 1.78.